The predicted molar refractivity (Wildman–Crippen MR) is 79.2 cm³/mol. The van der Waals surface area contributed by atoms with E-state index < -0.39 is 0 Å². The Bertz CT molecular complexity index is 543. The second-order valence-corrected chi connectivity index (χ2v) is 5.21. The van der Waals surface area contributed by atoms with Crippen LogP contribution in [0.1, 0.15) is 35.3 Å². The standard InChI is InChI=1S/C16H23N3/c1-5-17-15(16-10-19(4)11-18-16)9-14-8-12(2)6-7-13(14)3/h6-8,10-11,15,17H,5,9H2,1-4H3. The van der Waals surface area contributed by atoms with E-state index >= 15 is 0 Å². The first-order valence-electron chi connectivity index (χ1n) is 6.87. The minimum atomic E-state index is 0.284. The number of hydrogen-bond acceptors (Lipinski definition) is 2. The van der Waals surface area contributed by atoms with Crippen LogP contribution in [0.3, 0.4) is 0 Å². The van der Waals surface area contributed by atoms with Gasteiger partial charge in [0.15, 0.2) is 0 Å². The first kappa shape index (κ1) is 13.8. The van der Waals surface area contributed by atoms with Crippen LogP contribution < -0.4 is 5.32 Å². The SMILES string of the molecule is CCNC(Cc1cc(C)ccc1C)c1cn(C)cn1. The Hall–Kier alpha value is -1.61. The van der Waals surface area contributed by atoms with Gasteiger partial charge in [-0.25, -0.2) is 4.98 Å². The normalized spacial score (nSPS) is 12.6. The van der Waals surface area contributed by atoms with Gasteiger partial charge in [0, 0.05) is 13.2 Å². The van der Waals surface area contributed by atoms with Gasteiger partial charge in [0.05, 0.1) is 18.1 Å². The number of rotatable bonds is 5. The lowest BCUT2D eigenvalue weighted by Crippen LogP contribution is -2.23. The van der Waals surface area contributed by atoms with Gasteiger partial charge in [0.25, 0.3) is 0 Å². The molecule has 0 spiro atoms. The zero-order valence-corrected chi connectivity index (χ0v) is 12.3. The summed E-state index contributed by atoms with van der Waals surface area (Å²) in [6, 6.07) is 6.93. The zero-order valence-electron chi connectivity index (χ0n) is 12.3. The third-order valence-electron chi connectivity index (χ3n) is 3.46. The molecule has 0 amide bonds. The van der Waals surface area contributed by atoms with Crippen molar-refractivity contribution in [2.45, 2.75) is 33.2 Å². The molecule has 0 saturated heterocycles. The van der Waals surface area contributed by atoms with Crippen LogP contribution in [0.25, 0.3) is 0 Å². The molecule has 1 aromatic carbocycles. The summed E-state index contributed by atoms with van der Waals surface area (Å²) in [5.41, 5.74) is 5.18. The number of nitrogens with one attached hydrogen (secondary N) is 1. The van der Waals surface area contributed by atoms with Crippen LogP contribution in [0.5, 0.6) is 0 Å². The van der Waals surface area contributed by atoms with Crippen LogP contribution in [0.4, 0.5) is 0 Å². The van der Waals surface area contributed by atoms with Gasteiger partial charge in [-0.3, -0.25) is 0 Å². The van der Waals surface area contributed by atoms with Crippen molar-refractivity contribution in [3.05, 3.63) is 53.1 Å². The molecule has 2 rings (SSSR count). The third-order valence-corrected chi connectivity index (χ3v) is 3.46. The summed E-state index contributed by atoms with van der Waals surface area (Å²) in [5.74, 6) is 0. The molecule has 0 bridgehead atoms. The molecule has 0 aliphatic heterocycles. The molecule has 3 nitrogen and oxygen atoms in total. The van der Waals surface area contributed by atoms with Crippen LogP contribution in [-0.4, -0.2) is 16.1 Å². The van der Waals surface area contributed by atoms with Crippen molar-refractivity contribution in [3.63, 3.8) is 0 Å². The quantitative estimate of drug-likeness (QED) is 0.892. The summed E-state index contributed by atoms with van der Waals surface area (Å²) in [4.78, 5) is 4.48. The van der Waals surface area contributed by atoms with E-state index in [9.17, 15) is 0 Å². The van der Waals surface area contributed by atoms with E-state index in [1.54, 1.807) is 0 Å². The molecule has 2 aromatic rings. The number of imidazole rings is 1. The van der Waals surface area contributed by atoms with E-state index in [1.807, 2.05) is 17.9 Å². The molecular weight excluding hydrogens is 234 g/mol. The Balaban J connectivity index is 2.23. The highest BCUT2D eigenvalue weighted by Crippen LogP contribution is 2.20. The topological polar surface area (TPSA) is 29.9 Å². The van der Waals surface area contributed by atoms with Gasteiger partial charge in [-0.2, -0.15) is 0 Å². The summed E-state index contributed by atoms with van der Waals surface area (Å²) in [7, 11) is 2.01. The molecule has 0 aliphatic carbocycles. The average Bonchev–Trinajstić information content (AvgIpc) is 2.80. The van der Waals surface area contributed by atoms with Crippen molar-refractivity contribution in [3.8, 4) is 0 Å². The second-order valence-electron chi connectivity index (χ2n) is 5.21. The number of nitrogens with zero attached hydrogens (tertiary/aromatic N) is 2. The van der Waals surface area contributed by atoms with Crippen LogP contribution >= 0.6 is 0 Å². The fourth-order valence-electron chi connectivity index (χ4n) is 2.38. The first-order chi connectivity index (χ1) is 9.10. The van der Waals surface area contributed by atoms with Crippen LogP contribution in [0.15, 0.2) is 30.7 Å². The van der Waals surface area contributed by atoms with Gasteiger partial charge >= 0.3 is 0 Å². The Morgan fingerprint density at radius 1 is 1.32 bits per heavy atom. The van der Waals surface area contributed by atoms with Gasteiger partial charge in [0.2, 0.25) is 0 Å². The molecule has 19 heavy (non-hydrogen) atoms. The Morgan fingerprint density at radius 2 is 2.11 bits per heavy atom. The zero-order chi connectivity index (χ0) is 13.8. The molecule has 1 heterocycles. The van der Waals surface area contributed by atoms with E-state index in [2.05, 4.69) is 55.5 Å². The van der Waals surface area contributed by atoms with E-state index in [-0.39, 0.29) is 6.04 Å². The highest BCUT2D eigenvalue weighted by Gasteiger charge is 2.14. The van der Waals surface area contributed by atoms with Crippen molar-refractivity contribution in [2.75, 3.05) is 6.54 Å². The maximum atomic E-state index is 4.48. The highest BCUT2D eigenvalue weighted by atomic mass is 15.0. The van der Waals surface area contributed by atoms with Gasteiger partial charge in [-0.1, -0.05) is 30.7 Å². The minimum Gasteiger partial charge on any atom is -0.340 e. The van der Waals surface area contributed by atoms with Gasteiger partial charge in [0.1, 0.15) is 0 Å². The molecule has 1 aromatic heterocycles. The number of benzene rings is 1. The van der Waals surface area contributed by atoms with Crippen LogP contribution in [-0.2, 0) is 13.5 Å². The average molecular weight is 257 g/mol. The van der Waals surface area contributed by atoms with Gasteiger partial charge < -0.3 is 9.88 Å². The number of aromatic nitrogens is 2. The maximum absolute atomic E-state index is 4.48. The number of likely N-dealkylation sites (N-methyl/N-ethyl adjacent to an activating group) is 1. The Labute approximate surface area is 115 Å². The predicted octanol–water partition coefficient (Wildman–Crippen LogP) is 2.93. The van der Waals surface area contributed by atoms with E-state index in [1.165, 1.54) is 16.7 Å². The number of hydrogen-bond donors (Lipinski definition) is 1. The number of aryl methyl sites for hydroxylation is 3. The first-order valence-corrected chi connectivity index (χ1v) is 6.87. The molecule has 0 radical (unpaired) electrons. The van der Waals surface area contributed by atoms with Crippen LogP contribution in [0.2, 0.25) is 0 Å². The maximum Gasteiger partial charge on any atom is 0.0947 e. The van der Waals surface area contributed by atoms with Crippen molar-refractivity contribution in [1.29, 1.82) is 0 Å². The molecule has 3 heteroatoms. The lowest BCUT2D eigenvalue weighted by molar-refractivity contribution is 0.537. The van der Waals surface area contributed by atoms with Crippen molar-refractivity contribution < 1.29 is 0 Å². The fraction of sp³-hybridized carbons (Fsp3) is 0.438. The monoisotopic (exact) mass is 257 g/mol. The molecule has 0 aliphatic rings. The largest absolute Gasteiger partial charge is 0.340 e. The molecule has 0 saturated carbocycles. The van der Waals surface area contributed by atoms with E-state index in [0.717, 1.165) is 18.7 Å². The van der Waals surface area contributed by atoms with Gasteiger partial charge in [-0.15, -0.1) is 0 Å². The summed E-state index contributed by atoms with van der Waals surface area (Å²) in [6.07, 6.45) is 4.94. The highest BCUT2D eigenvalue weighted by molar-refractivity contribution is 5.31. The summed E-state index contributed by atoms with van der Waals surface area (Å²) < 4.78 is 2.00. The summed E-state index contributed by atoms with van der Waals surface area (Å²) in [6.45, 7) is 7.41. The van der Waals surface area contributed by atoms with Gasteiger partial charge in [-0.05, 0) is 37.9 Å². The minimum absolute atomic E-state index is 0.284. The van der Waals surface area contributed by atoms with E-state index in [4.69, 9.17) is 0 Å². The second kappa shape index (κ2) is 6.02. The third kappa shape index (κ3) is 3.44. The fourth-order valence-corrected chi connectivity index (χ4v) is 2.38. The molecule has 1 atom stereocenters. The lowest BCUT2D eigenvalue weighted by Gasteiger charge is -2.17. The van der Waals surface area contributed by atoms with Crippen LogP contribution in [0, 0.1) is 13.8 Å². The van der Waals surface area contributed by atoms with Crippen molar-refractivity contribution in [2.24, 2.45) is 7.05 Å². The summed E-state index contributed by atoms with van der Waals surface area (Å²) in [5, 5.41) is 3.53. The molecule has 0 fully saturated rings. The molecule has 1 unspecified atom stereocenters. The summed E-state index contributed by atoms with van der Waals surface area (Å²) >= 11 is 0. The Morgan fingerprint density at radius 3 is 2.74 bits per heavy atom. The van der Waals surface area contributed by atoms with Crippen molar-refractivity contribution >= 4 is 0 Å². The molecule has 102 valence electrons. The smallest absolute Gasteiger partial charge is 0.0947 e. The lowest BCUT2D eigenvalue weighted by atomic mass is 9.97. The van der Waals surface area contributed by atoms with Crippen molar-refractivity contribution in [1.82, 2.24) is 14.9 Å². The molecule has 1 N–H and O–H groups in total. The van der Waals surface area contributed by atoms with E-state index in [0.29, 0.717) is 0 Å². The molecular formula is C16H23N3. The Kier molecular flexibility index (Phi) is 4.38.